The van der Waals surface area contributed by atoms with Gasteiger partial charge in [0.1, 0.15) is 0 Å². The molecule has 0 unspecified atom stereocenters. The fourth-order valence-corrected chi connectivity index (χ4v) is 5.08. The summed E-state index contributed by atoms with van der Waals surface area (Å²) in [5.41, 5.74) is 5.96. The molecule has 35 heavy (non-hydrogen) atoms. The van der Waals surface area contributed by atoms with E-state index in [-0.39, 0.29) is 11.8 Å². The third-order valence-corrected chi connectivity index (χ3v) is 7.22. The normalized spacial score (nSPS) is 14.4. The van der Waals surface area contributed by atoms with Crippen LogP contribution in [0.25, 0.3) is 6.08 Å². The van der Waals surface area contributed by atoms with E-state index in [1.54, 1.807) is 0 Å². The van der Waals surface area contributed by atoms with Gasteiger partial charge in [0.05, 0.1) is 17.1 Å². The van der Waals surface area contributed by atoms with Gasteiger partial charge >= 0.3 is 0 Å². The second kappa shape index (κ2) is 11.0. The number of nitrogens with one attached hydrogen (secondary N) is 1. The van der Waals surface area contributed by atoms with Crippen molar-refractivity contribution >= 4 is 35.3 Å². The molecule has 2 amide bonds. The predicted octanol–water partition coefficient (Wildman–Crippen LogP) is 6.76. The van der Waals surface area contributed by atoms with Crippen LogP contribution in [0.15, 0.2) is 76.5 Å². The molecular weight excluding hydrogens is 452 g/mol. The number of nitrogens with zero attached hydrogens (tertiary/aromatic N) is 1. The average Bonchev–Trinajstić information content (AvgIpc) is 2.84. The van der Waals surface area contributed by atoms with Crippen molar-refractivity contribution in [1.82, 2.24) is 5.32 Å². The molecule has 1 N–H and O–H groups in total. The maximum Gasteiger partial charge on any atom is 0.265 e. The summed E-state index contributed by atoms with van der Waals surface area (Å²) in [7, 11) is 0. The van der Waals surface area contributed by atoms with E-state index in [9.17, 15) is 9.59 Å². The van der Waals surface area contributed by atoms with Crippen molar-refractivity contribution in [2.45, 2.75) is 45.6 Å². The molecular formula is C30H32N2O2S. The molecule has 1 aliphatic heterocycles. The molecule has 4 nitrogen and oxygen atoms in total. The molecule has 5 heteroatoms. The lowest BCUT2D eigenvalue weighted by Crippen LogP contribution is -2.34. The fraction of sp³-hybridized carbons (Fsp3) is 0.267. The first-order valence-electron chi connectivity index (χ1n) is 12.1. The van der Waals surface area contributed by atoms with Crippen LogP contribution in [-0.4, -0.2) is 18.4 Å². The molecule has 0 fully saturated rings. The third-order valence-electron chi connectivity index (χ3n) is 6.14. The van der Waals surface area contributed by atoms with E-state index in [1.807, 2.05) is 53.4 Å². The molecule has 180 valence electrons. The zero-order chi connectivity index (χ0) is 24.9. The molecule has 0 aliphatic carbocycles. The Morgan fingerprint density at radius 1 is 1.03 bits per heavy atom. The minimum absolute atomic E-state index is 0.00916. The number of hydrogen-bond donors (Lipinski definition) is 1. The van der Waals surface area contributed by atoms with Crippen LogP contribution in [0.5, 0.6) is 0 Å². The molecule has 0 radical (unpaired) electrons. The Balaban J connectivity index is 1.57. The molecule has 3 aromatic rings. The average molecular weight is 485 g/mol. The molecule has 1 heterocycles. The van der Waals surface area contributed by atoms with E-state index in [1.165, 1.54) is 22.9 Å². The van der Waals surface area contributed by atoms with Crippen LogP contribution < -0.4 is 10.2 Å². The lowest BCUT2D eigenvalue weighted by molar-refractivity contribution is -0.114. The molecule has 1 aliphatic rings. The van der Waals surface area contributed by atoms with Gasteiger partial charge in [-0.2, -0.15) is 0 Å². The lowest BCUT2D eigenvalue weighted by atomic mass is 10.0. The second-order valence-corrected chi connectivity index (χ2v) is 10.5. The van der Waals surface area contributed by atoms with E-state index in [4.69, 9.17) is 0 Å². The van der Waals surface area contributed by atoms with Gasteiger partial charge in [-0.15, -0.1) is 0 Å². The van der Waals surface area contributed by atoms with Gasteiger partial charge in [0, 0.05) is 17.0 Å². The SMILES string of the molecule is Cc1ccc(C)c(CN2C(=O)/C(=C/c3ccc(C(=O)NCCC(C)C)cc3)Sc3ccccc32)c1. The number of aryl methyl sites for hydroxylation is 2. The monoisotopic (exact) mass is 484 g/mol. The summed E-state index contributed by atoms with van der Waals surface area (Å²) in [5.74, 6) is 0.473. The molecule has 0 saturated carbocycles. The van der Waals surface area contributed by atoms with Crippen molar-refractivity contribution < 1.29 is 9.59 Å². The Hall–Kier alpha value is -3.31. The Kier molecular flexibility index (Phi) is 7.76. The summed E-state index contributed by atoms with van der Waals surface area (Å²) in [6.45, 7) is 9.63. The zero-order valence-electron chi connectivity index (χ0n) is 20.8. The lowest BCUT2D eigenvalue weighted by Gasteiger charge is -2.31. The molecule has 4 rings (SSSR count). The second-order valence-electron chi connectivity index (χ2n) is 9.46. The van der Waals surface area contributed by atoms with Gasteiger partial charge < -0.3 is 10.2 Å². The fourth-order valence-electron chi connectivity index (χ4n) is 4.02. The van der Waals surface area contributed by atoms with E-state index >= 15 is 0 Å². The number of fused-ring (bicyclic) bond motifs is 1. The summed E-state index contributed by atoms with van der Waals surface area (Å²) in [5, 5.41) is 2.97. The highest BCUT2D eigenvalue weighted by Crippen LogP contribution is 2.42. The van der Waals surface area contributed by atoms with Gasteiger partial charge in [-0.3, -0.25) is 9.59 Å². The first-order chi connectivity index (χ1) is 16.8. The van der Waals surface area contributed by atoms with Crippen molar-refractivity contribution in [3.63, 3.8) is 0 Å². The minimum Gasteiger partial charge on any atom is -0.352 e. The highest BCUT2D eigenvalue weighted by Gasteiger charge is 2.29. The van der Waals surface area contributed by atoms with Crippen molar-refractivity contribution in [3.05, 3.63) is 99.5 Å². The largest absolute Gasteiger partial charge is 0.352 e. The van der Waals surface area contributed by atoms with E-state index < -0.39 is 0 Å². The number of benzene rings is 3. The van der Waals surface area contributed by atoms with Crippen LogP contribution in [0.4, 0.5) is 5.69 Å². The van der Waals surface area contributed by atoms with Crippen LogP contribution in [0.3, 0.4) is 0 Å². The van der Waals surface area contributed by atoms with Gasteiger partial charge in [-0.05, 0) is 73.2 Å². The van der Waals surface area contributed by atoms with Gasteiger partial charge in [0.25, 0.3) is 11.8 Å². The Morgan fingerprint density at radius 2 is 1.77 bits per heavy atom. The maximum atomic E-state index is 13.6. The third kappa shape index (κ3) is 6.04. The molecule has 3 aromatic carbocycles. The Labute approximate surface area is 212 Å². The number of thioether (sulfide) groups is 1. The van der Waals surface area contributed by atoms with Crippen molar-refractivity contribution in [2.75, 3.05) is 11.4 Å². The summed E-state index contributed by atoms with van der Waals surface area (Å²) in [6.07, 6.45) is 2.87. The quantitative estimate of drug-likeness (QED) is 0.377. The molecule has 0 atom stereocenters. The van der Waals surface area contributed by atoms with Crippen LogP contribution in [0, 0.1) is 19.8 Å². The van der Waals surface area contributed by atoms with Crippen molar-refractivity contribution in [2.24, 2.45) is 5.92 Å². The molecule has 0 aromatic heterocycles. The summed E-state index contributed by atoms with van der Waals surface area (Å²) in [4.78, 5) is 29.6. The van der Waals surface area contributed by atoms with Crippen LogP contribution in [0.1, 0.15) is 52.9 Å². The Bertz CT molecular complexity index is 1260. The molecule has 0 saturated heterocycles. The van der Waals surface area contributed by atoms with E-state index in [2.05, 4.69) is 57.3 Å². The van der Waals surface area contributed by atoms with E-state index in [0.717, 1.165) is 28.1 Å². The number of para-hydroxylation sites is 1. The van der Waals surface area contributed by atoms with Gasteiger partial charge in [-0.1, -0.05) is 73.6 Å². The number of carbonyl (C=O) groups excluding carboxylic acids is 2. The Morgan fingerprint density at radius 3 is 2.51 bits per heavy atom. The molecule has 0 bridgehead atoms. The summed E-state index contributed by atoms with van der Waals surface area (Å²) < 4.78 is 0. The van der Waals surface area contributed by atoms with Gasteiger partial charge in [0.2, 0.25) is 0 Å². The standard InChI is InChI=1S/C30H32N2O2S/c1-20(2)15-16-31-29(33)24-13-11-23(12-14-24)18-28-30(34)32(26-7-5-6-8-27(26)35-28)19-25-17-21(3)9-10-22(25)4/h5-14,17-18,20H,15-16,19H2,1-4H3,(H,31,33)/b28-18-. The number of anilines is 1. The predicted molar refractivity (Wildman–Crippen MR) is 146 cm³/mol. The van der Waals surface area contributed by atoms with Gasteiger partial charge in [0.15, 0.2) is 0 Å². The number of rotatable bonds is 7. The van der Waals surface area contributed by atoms with Gasteiger partial charge in [-0.25, -0.2) is 0 Å². The first kappa shape index (κ1) is 24.8. The minimum atomic E-state index is -0.0680. The summed E-state index contributed by atoms with van der Waals surface area (Å²) >= 11 is 1.50. The van der Waals surface area contributed by atoms with Crippen LogP contribution >= 0.6 is 11.8 Å². The number of amides is 2. The first-order valence-corrected chi connectivity index (χ1v) is 12.9. The summed E-state index contributed by atoms with van der Waals surface area (Å²) in [6, 6.07) is 21.8. The smallest absolute Gasteiger partial charge is 0.265 e. The van der Waals surface area contributed by atoms with E-state index in [0.29, 0.717) is 29.5 Å². The molecule has 0 spiro atoms. The van der Waals surface area contributed by atoms with Crippen LogP contribution in [-0.2, 0) is 11.3 Å². The topological polar surface area (TPSA) is 49.4 Å². The number of hydrogen-bond acceptors (Lipinski definition) is 3. The zero-order valence-corrected chi connectivity index (χ0v) is 21.6. The van der Waals surface area contributed by atoms with Crippen molar-refractivity contribution in [3.8, 4) is 0 Å². The highest BCUT2D eigenvalue weighted by molar-refractivity contribution is 8.04. The van der Waals surface area contributed by atoms with Crippen LogP contribution in [0.2, 0.25) is 0 Å². The van der Waals surface area contributed by atoms with Crippen molar-refractivity contribution in [1.29, 1.82) is 0 Å². The maximum absolute atomic E-state index is 13.6. The highest BCUT2D eigenvalue weighted by atomic mass is 32.2. The number of carbonyl (C=O) groups is 2.